The van der Waals surface area contributed by atoms with Crippen molar-refractivity contribution in [3.05, 3.63) is 0 Å². The third-order valence-electron chi connectivity index (χ3n) is 3.70. The Morgan fingerprint density at radius 2 is 2.20 bits per heavy atom. The minimum absolute atomic E-state index is 0.0115. The second-order valence-corrected chi connectivity index (χ2v) is 5.09. The summed E-state index contributed by atoms with van der Waals surface area (Å²) < 4.78 is 6.03. The molecule has 1 fully saturated rings. The second kappa shape index (κ2) is 5.86. The van der Waals surface area contributed by atoms with E-state index in [-0.39, 0.29) is 11.6 Å². The van der Waals surface area contributed by atoms with Crippen LogP contribution in [0.2, 0.25) is 0 Å². The van der Waals surface area contributed by atoms with Crippen molar-refractivity contribution in [2.75, 3.05) is 6.61 Å². The van der Waals surface area contributed by atoms with E-state index in [1.807, 2.05) is 0 Å². The fraction of sp³-hybridized carbons (Fsp3) is 1.00. The van der Waals surface area contributed by atoms with Crippen molar-refractivity contribution in [3.8, 4) is 0 Å². The fourth-order valence-electron chi connectivity index (χ4n) is 2.98. The molecule has 2 nitrogen and oxygen atoms in total. The van der Waals surface area contributed by atoms with Crippen molar-refractivity contribution >= 4 is 0 Å². The molecule has 0 aromatic carbocycles. The molecule has 1 aliphatic carbocycles. The first kappa shape index (κ1) is 13.0. The normalized spacial score (nSPS) is 34.0. The molecule has 0 spiro atoms. The van der Waals surface area contributed by atoms with E-state index in [0.717, 1.165) is 38.2 Å². The van der Waals surface area contributed by atoms with Gasteiger partial charge in [-0.1, -0.05) is 33.1 Å². The van der Waals surface area contributed by atoms with Crippen LogP contribution in [-0.4, -0.2) is 18.2 Å². The first-order valence-electron chi connectivity index (χ1n) is 6.54. The van der Waals surface area contributed by atoms with E-state index in [2.05, 4.69) is 20.8 Å². The summed E-state index contributed by atoms with van der Waals surface area (Å²) in [7, 11) is 0. The molecule has 1 rings (SSSR count). The van der Waals surface area contributed by atoms with Gasteiger partial charge in [-0.2, -0.15) is 0 Å². The lowest BCUT2D eigenvalue weighted by Gasteiger charge is -2.44. The Morgan fingerprint density at radius 3 is 2.73 bits per heavy atom. The van der Waals surface area contributed by atoms with Crippen molar-refractivity contribution in [1.29, 1.82) is 0 Å². The molecule has 0 amide bonds. The van der Waals surface area contributed by atoms with Gasteiger partial charge in [-0.3, -0.25) is 0 Å². The van der Waals surface area contributed by atoms with Gasteiger partial charge in [-0.25, -0.2) is 0 Å². The largest absolute Gasteiger partial charge is 0.374 e. The zero-order valence-electron chi connectivity index (χ0n) is 10.6. The predicted octanol–water partition coefficient (Wildman–Crippen LogP) is 3.10. The van der Waals surface area contributed by atoms with Gasteiger partial charge in [0.05, 0.1) is 5.60 Å². The molecule has 0 radical (unpaired) electrons. The molecule has 0 aliphatic heterocycles. The molecule has 1 saturated carbocycles. The maximum atomic E-state index is 6.32. The molecule has 1 aliphatic rings. The quantitative estimate of drug-likeness (QED) is 0.761. The van der Waals surface area contributed by atoms with Crippen LogP contribution in [-0.2, 0) is 4.74 Å². The van der Waals surface area contributed by atoms with Crippen LogP contribution in [0.25, 0.3) is 0 Å². The molecule has 90 valence electrons. The molecular formula is C13H27NO. The van der Waals surface area contributed by atoms with Gasteiger partial charge in [0.2, 0.25) is 0 Å². The van der Waals surface area contributed by atoms with E-state index in [9.17, 15) is 0 Å². The number of rotatable bonds is 5. The molecule has 0 aromatic heterocycles. The lowest BCUT2D eigenvalue weighted by molar-refractivity contribution is -0.0941. The molecule has 2 heteroatoms. The van der Waals surface area contributed by atoms with Crippen molar-refractivity contribution in [2.45, 2.75) is 70.9 Å². The highest BCUT2D eigenvalue weighted by molar-refractivity contribution is 4.95. The monoisotopic (exact) mass is 213 g/mol. The number of nitrogens with two attached hydrogens (primary N) is 1. The molecule has 3 atom stereocenters. The summed E-state index contributed by atoms with van der Waals surface area (Å²) in [6.07, 6.45) is 7.18. The Kier molecular flexibility index (Phi) is 5.07. The van der Waals surface area contributed by atoms with Crippen LogP contribution in [0.3, 0.4) is 0 Å². The third-order valence-corrected chi connectivity index (χ3v) is 3.70. The molecule has 0 heterocycles. The maximum Gasteiger partial charge on any atom is 0.0835 e. The Morgan fingerprint density at radius 1 is 1.47 bits per heavy atom. The smallest absolute Gasteiger partial charge is 0.0835 e. The van der Waals surface area contributed by atoms with E-state index in [1.54, 1.807) is 0 Å². The van der Waals surface area contributed by atoms with Crippen LogP contribution in [0.4, 0.5) is 0 Å². The van der Waals surface area contributed by atoms with Crippen LogP contribution < -0.4 is 5.73 Å². The third kappa shape index (κ3) is 3.18. The van der Waals surface area contributed by atoms with E-state index >= 15 is 0 Å². The zero-order valence-corrected chi connectivity index (χ0v) is 10.6. The lowest BCUT2D eigenvalue weighted by atomic mass is 9.73. The van der Waals surface area contributed by atoms with Crippen molar-refractivity contribution in [2.24, 2.45) is 11.7 Å². The molecule has 15 heavy (non-hydrogen) atoms. The summed E-state index contributed by atoms with van der Waals surface area (Å²) in [6.45, 7) is 7.40. The van der Waals surface area contributed by atoms with Gasteiger partial charge in [0.25, 0.3) is 0 Å². The summed E-state index contributed by atoms with van der Waals surface area (Å²) in [5.74, 6) is 0.771. The first-order chi connectivity index (χ1) is 7.14. The van der Waals surface area contributed by atoms with Crippen LogP contribution in [0.1, 0.15) is 59.3 Å². The summed E-state index contributed by atoms with van der Waals surface area (Å²) in [5, 5.41) is 0. The minimum Gasteiger partial charge on any atom is -0.374 e. The average Bonchev–Trinajstić information content (AvgIpc) is 2.18. The molecule has 0 bridgehead atoms. The Bertz CT molecular complexity index is 179. The van der Waals surface area contributed by atoms with Gasteiger partial charge in [0.1, 0.15) is 0 Å². The van der Waals surface area contributed by atoms with Crippen LogP contribution in [0.15, 0.2) is 0 Å². The van der Waals surface area contributed by atoms with Crippen molar-refractivity contribution in [3.63, 3.8) is 0 Å². The van der Waals surface area contributed by atoms with Gasteiger partial charge >= 0.3 is 0 Å². The molecule has 3 unspecified atom stereocenters. The Labute approximate surface area is 94.6 Å². The summed E-state index contributed by atoms with van der Waals surface area (Å²) in [4.78, 5) is 0. The standard InChI is InChI=1S/C13H27NO/c1-4-7-12(14)13(15-5-2)9-6-8-11(3)10-13/h11-12H,4-10,14H2,1-3H3. The number of ether oxygens (including phenoxy) is 1. The van der Waals surface area contributed by atoms with E-state index in [4.69, 9.17) is 10.5 Å². The summed E-state index contributed by atoms with van der Waals surface area (Å²) >= 11 is 0. The molecule has 0 saturated heterocycles. The van der Waals surface area contributed by atoms with Crippen LogP contribution in [0, 0.1) is 5.92 Å². The molecular weight excluding hydrogens is 186 g/mol. The highest BCUT2D eigenvalue weighted by Crippen LogP contribution is 2.38. The topological polar surface area (TPSA) is 35.2 Å². The van der Waals surface area contributed by atoms with Gasteiger partial charge < -0.3 is 10.5 Å². The Hall–Kier alpha value is -0.0800. The van der Waals surface area contributed by atoms with Crippen molar-refractivity contribution < 1.29 is 4.74 Å². The number of hydrogen-bond acceptors (Lipinski definition) is 2. The van der Waals surface area contributed by atoms with Crippen molar-refractivity contribution in [1.82, 2.24) is 0 Å². The fourth-order valence-corrected chi connectivity index (χ4v) is 2.98. The summed E-state index contributed by atoms with van der Waals surface area (Å²) in [6, 6.07) is 0.227. The molecule has 0 aromatic rings. The SMILES string of the molecule is CCCC(N)C1(OCC)CCCC(C)C1. The van der Waals surface area contributed by atoms with E-state index in [1.165, 1.54) is 12.8 Å². The average molecular weight is 213 g/mol. The van der Waals surface area contributed by atoms with Crippen LogP contribution in [0.5, 0.6) is 0 Å². The van der Waals surface area contributed by atoms with Gasteiger partial charge in [0, 0.05) is 12.6 Å². The number of hydrogen-bond donors (Lipinski definition) is 1. The Balaban J connectivity index is 2.67. The van der Waals surface area contributed by atoms with Gasteiger partial charge in [0.15, 0.2) is 0 Å². The summed E-state index contributed by atoms with van der Waals surface area (Å²) in [5.41, 5.74) is 6.31. The highest BCUT2D eigenvalue weighted by Gasteiger charge is 2.40. The second-order valence-electron chi connectivity index (χ2n) is 5.09. The lowest BCUT2D eigenvalue weighted by Crippen LogP contribution is -2.52. The highest BCUT2D eigenvalue weighted by atomic mass is 16.5. The van der Waals surface area contributed by atoms with E-state index < -0.39 is 0 Å². The van der Waals surface area contributed by atoms with Gasteiger partial charge in [-0.15, -0.1) is 0 Å². The zero-order chi connectivity index (χ0) is 11.3. The minimum atomic E-state index is -0.0115. The van der Waals surface area contributed by atoms with E-state index in [0.29, 0.717) is 0 Å². The first-order valence-corrected chi connectivity index (χ1v) is 6.54. The predicted molar refractivity (Wildman–Crippen MR) is 64.9 cm³/mol. The van der Waals surface area contributed by atoms with Gasteiger partial charge in [-0.05, 0) is 32.1 Å². The maximum absolute atomic E-state index is 6.32. The molecule has 2 N–H and O–H groups in total. The van der Waals surface area contributed by atoms with Crippen LogP contribution >= 0.6 is 0 Å².